The van der Waals surface area contributed by atoms with Gasteiger partial charge in [-0.2, -0.15) is 0 Å². The zero-order valence-corrected chi connectivity index (χ0v) is 16.5. The van der Waals surface area contributed by atoms with Crippen molar-refractivity contribution in [1.29, 1.82) is 0 Å². The minimum Gasteiger partial charge on any atom is -0.383 e. The SMILES string of the molecule is CNc1cc(N2CCC(F)CC2)c(C(=O)N[C@H]2CC[C@H](C)CC2)cc1[N+](=O)[O-]. The van der Waals surface area contributed by atoms with Gasteiger partial charge in [-0.1, -0.05) is 6.92 Å². The van der Waals surface area contributed by atoms with Crippen LogP contribution in [0.15, 0.2) is 12.1 Å². The van der Waals surface area contributed by atoms with Crippen molar-refractivity contribution in [2.24, 2.45) is 5.92 Å². The number of carbonyl (C=O) groups excluding carboxylic acids is 1. The summed E-state index contributed by atoms with van der Waals surface area (Å²) in [4.78, 5) is 26.0. The summed E-state index contributed by atoms with van der Waals surface area (Å²) in [5.74, 6) is 0.379. The summed E-state index contributed by atoms with van der Waals surface area (Å²) in [6, 6.07) is 3.09. The maximum atomic E-state index is 13.6. The van der Waals surface area contributed by atoms with Crippen LogP contribution in [0.3, 0.4) is 0 Å². The van der Waals surface area contributed by atoms with Crippen LogP contribution in [-0.4, -0.2) is 43.2 Å². The van der Waals surface area contributed by atoms with Crippen LogP contribution in [0, 0.1) is 16.0 Å². The van der Waals surface area contributed by atoms with Crippen LogP contribution >= 0.6 is 0 Å². The van der Waals surface area contributed by atoms with Gasteiger partial charge in [0.25, 0.3) is 11.6 Å². The Morgan fingerprint density at radius 1 is 1.18 bits per heavy atom. The van der Waals surface area contributed by atoms with Crippen molar-refractivity contribution < 1.29 is 14.1 Å². The van der Waals surface area contributed by atoms with Gasteiger partial charge in [-0.3, -0.25) is 14.9 Å². The highest BCUT2D eigenvalue weighted by Crippen LogP contribution is 2.35. The molecule has 7 nitrogen and oxygen atoms in total. The highest BCUT2D eigenvalue weighted by molar-refractivity contribution is 6.02. The predicted molar refractivity (Wildman–Crippen MR) is 108 cm³/mol. The van der Waals surface area contributed by atoms with E-state index in [4.69, 9.17) is 0 Å². The van der Waals surface area contributed by atoms with Crippen LogP contribution in [0.5, 0.6) is 0 Å². The van der Waals surface area contributed by atoms with Gasteiger partial charge in [0.05, 0.1) is 16.2 Å². The molecule has 28 heavy (non-hydrogen) atoms. The average molecular weight is 392 g/mol. The fourth-order valence-electron chi connectivity index (χ4n) is 4.13. The number of nitro groups is 1. The molecule has 2 fully saturated rings. The second kappa shape index (κ2) is 8.75. The molecule has 0 radical (unpaired) electrons. The van der Waals surface area contributed by atoms with Crippen LogP contribution in [0.4, 0.5) is 21.5 Å². The van der Waals surface area contributed by atoms with Gasteiger partial charge < -0.3 is 15.5 Å². The second-order valence-corrected chi connectivity index (χ2v) is 7.99. The lowest BCUT2D eigenvalue weighted by Gasteiger charge is -2.33. The molecule has 154 valence electrons. The first-order valence-corrected chi connectivity index (χ1v) is 10.1. The van der Waals surface area contributed by atoms with E-state index in [9.17, 15) is 19.3 Å². The summed E-state index contributed by atoms with van der Waals surface area (Å²) in [5, 5.41) is 17.4. The number of nitrogens with zero attached hydrogens (tertiary/aromatic N) is 2. The van der Waals surface area contributed by atoms with E-state index in [0.717, 1.165) is 25.7 Å². The summed E-state index contributed by atoms with van der Waals surface area (Å²) in [7, 11) is 1.61. The number of piperidine rings is 1. The van der Waals surface area contributed by atoms with E-state index >= 15 is 0 Å². The lowest BCUT2D eigenvalue weighted by Crippen LogP contribution is -2.39. The molecule has 0 aromatic heterocycles. The number of amides is 1. The fraction of sp³-hybridized carbons (Fsp3) is 0.650. The van der Waals surface area contributed by atoms with Gasteiger partial charge in [0.15, 0.2) is 0 Å². The van der Waals surface area contributed by atoms with Gasteiger partial charge >= 0.3 is 0 Å². The van der Waals surface area contributed by atoms with Crippen molar-refractivity contribution in [3.05, 3.63) is 27.8 Å². The van der Waals surface area contributed by atoms with E-state index in [1.807, 2.05) is 4.90 Å². The third-order valence-electron chi connectivity index (χ3n) is 5.94. The molecule has 0 atom stereocenters. The first-order chi connectivity index (χ1) is 13.4. The molecule has 2 aliphatic rings. The first kappa shape index (κ1) is 20.4. The summed E-state index contributed by atoms with van der Waals surface area (Å²) in [6.07, 6.45) is 3.94. The van der Waals surface area contributed by atoms with Crippen LogP contribution < -0.4 is 15.5 Å². The van der Waals surface area contributed by atoms with Crippen molar-refractivity contribution in [3.8, 4) is 0 Å². The lowest BCUT2D eigenvalue weighted by atomic mass is 9.87. The van der Waals surface area contributed by atoms with E-state index in [1.54, 1.807) is 13.1 Å². The van der Waals surface area contributed by atoms with E-state index < -0.39 is 11.1 Å². The Morgan fingerprint density at radius 2 is 1.82 bits per heavy atom. The zero-order chi connectivity index (χ0) is 20.3. The van der Waals surface area contributed by atoms with Crippen LogP contribution in [0.1, 0.15) is 55.8 Å². The Hall–Kier alpha value is -2.38. The topological polar surface area (TPSA) is 87.5 Å². The average Bonchev–Trinajstić information content (AvgIpc) is 2.69. The van der Waals surface area contributed by atoms with Crippen molar-refractivity contribution in [2.75, 3.05) is 30.4 Å². The molecular formula is C20H29FN4O3. The minimum atomic E-state index is -0.834. The van der Waals surface area contributed by atoms with Gasteiger partial charge in [-0.25, -0.2) is 4.39 Å². The van der Waals surface area contributed by atoms with Crippen LogP contribution in [0.2, 0.25) is 0 Å². The molecule has 1 saturated carbocycles. The van der Waals surface area contributed by atoms with Crippen molar-refractivity contribution in [2.45, 2.75) is 57.7 Å². The predicted octanol–water partition coefficient (Wildman–Crippen LogP) is 3.88. The number of carbonyl (C=O) groups is 1. The summed E-state index contributed by atoms with van der Waals surface area (Å²) in [6.45, 7) is 3.19. The summed E-state index contributed by atoms with van der Waals surface area (Å²) in [5.41, 5.74) is 1.14. The van der Waals surface area contributed by atoms with E-state index in [-0.39, 0.29) is 17.6 Å². The molecule has 1 aromatic rings. The quantitative estimate of drug-likeness (QED) is 0.586. The molecule has 1 aliphatic heterocycles. The minimum absolute atomic E-state index is 0.0937. The standard InChI is InChI=1S/C20H29FN4O3/c1-13-3-5-15(6-4-13)23-20(26)16-11-19(25(27)28)17(22-2)12-18(16)24-9-7-14(21)8-10-24/h11-15,22H,3-10H2,1-2H3,(H,23,26)/t13-,15-. The van der Waals surface area contributed by atoms with E-state index in [1.165, 1.54) is 6.07 Å². The van der Waals surface area contributed by atoms with Gasteiger partial charge in [-0.05, 0) is 50.5 Å². The zero-order valence-electron chi connectivity index (χ0n) is 16.5. The Labute approximate surface area is 164 Å². The lowest BCUT2D eigenvalue weighted by molar-refractivity contribution is -0.383. The third kappa shape index (κ3) is 4.54. The molecule has 0 spiro atoms. The largest absolute Gasteiger partial charge is 0.383 e. The van der Waals surface area contributed by atoms with Gasteiger partial charge in [0.2, 0.25) is 0 Å². The number of alkyl halides is 1. The summed E-state index contributed by atoms with van der Waals surface area (Å²) < 4.78 is 13.6. The fourth-order valence-corrected chi connectivity index (χ4v) is 4.13. The van der Waals surface area contributed by atoms with E-state index in [2.05, 4.69) is 17.6 Å². The molecule has 2 N–H and O–H groups in total. The normalized spacial score (nSPS) is 23.3. The molecular weight excluding hydrogens is 363 g/mol. The highest BCUT2D eigenvalue weighted by Gasteiger charge is 2.28. The number of hydrogen-bond acceptors (Lipinski definition) is 5. The number of hydrogen-bond donors (Lipinski definition) is 2. The molecule has 1 aromatic carbocycles. The molecule has 8 heteroatoms. The first-order valence-electron chi connectivity index (χ1n) is 10.1. The number of benzene rings is 1. The Kier molecular flexibility index (Phi) is 6.36. The number of rotatable bonds is 5. The molecule has 1 heterocycles. The summed E-state index contributed by atoms with van der Waals surface area (Å²) >= 11 is 0. The van der Waals surface area contributed by atoms with Crippen molar-refractivity contribution in [3.63, 3.8) is 0 Å². The molecule has 3 rings (SSSR count). The molecule has 1 amide bonds. The maximum absolute atomic E-state index is 13.6. The van der Waals surface area contributed by atoms with Gasteiger partial charge in [0.1, 0.15) is 11.9 Å². The van der Waals surface area contributed by atoms with Crippen LogP contribution in [-0.2, 0) is 0 Å². The third-order valence-corrected chi connectivity index (χ3v) is 5.94. The van der Waals surface area contributed by atoms with Crippen molar-refractivity contribution in [1.82, 2.24) is 5.32 Å². The van der Waals surface area contributed by atoms with Gasteiger partial charge in [0, 0.05) is 32.2 Å². The molecule has 0 bridgehead atoms. The number of anilines is 2. The van der Waals surface area contributed by atoms with E-state index in [0.29, 0.717) is 48.8 Å². The monoisotopic (exact) mass is 392 g/mol. The molecule has 0 unspecified atom stereocenters. The Balaban J connectivity index is 1.90. The molecule has 1 aliphatic carbocycles. The Bertz CT molecular complexity index is 726. The maximum Gasteiger partial charge on any atom is 0.293 e. The number of halogens is 1. The number of nitrogens with one attached hydrogen (secondary N) is 2. The molecule has 1 saturated heterocycles. The van der Waals surface area contributed by atoms with Gasteiger partial charge in [-0.15, -0.1) is 0 Å². The number of nitro benzene ring substituents is 1. The second-order valence-electron chi connectivity index (χ2n) is 7.99. The van der Waals surface area contributed by atoms with Crippen LogP contribution in [0.25, 0.3) is 0 Å². The Morgan fingerprint density at radius 3 is 2.39 bits per heavy atom. The smallest absolute Gasteiger partial charge is 0.293 e. The highest BCUT2D eigenvalue weighted by atomic mass is 19.1. The van der Waals surface area contributed by atoms with Crippen molar-refractivity contribution >= 4 is 23.0 Å².